The van der Waals surface area contributed by atoms with E-state index in [0.29, 0.717) is 11.5 Å². The van der Waals surface area contributed by atoms with Crippen LogP contribution < -0.4 is 5.32 Å². The van der Waals surface area contributed by atoms with E-state index in [9.17, 15) is 9.90 Å². The van der Waals surface area contributed by atoms with Crippen LogP contribution in [-0.2, 0) is 0 Å². The van der Waals surface area contributed by atoms with Gasteiger partial charge in [-0.15, -0.1) is 0 Å². The maximum atomic E-state index is 13.1. The molecule has 2 aromatic carbocycles. The lowest BCUT2D eigenvalue weighted by atomic mass is 9.78. The van der Waals surface area contributed by atoms with Crippen molar-refractivity contribution in [2.24, 2.45) is 5.92 Å². The smallest absolute Gasteiger partial charge is 0.253 e. The molecule has 0 radical (unpaired) electrons. The summed E-state index contributed by atoms with van der Waals surface area (Å²) in [4.78, 5) is 19.5. The Morgan fingerprint density at radius 2 is 1.94 bits per heavy atom. The third-order valence-corrected chi connectivity index (χ3v) is 7.39. The zero-order valence-corrected chi connectivity index (χ0v) is 18.8. The summed E-state index contributed by atoms with van der Waals surface area (Å²) in [5.74, 6) is 0.751. The molecule has 0 saturated heterocycles. The third kappa shape index (κ3) is 4.05. The molecule has 2 fully saturated rings. The van der Waals surface area contributed by atoms with Gasteiger partial charge in [-0.05, 0) is 81.8 Å². The third-order valence-electron chi connectivity index (χ3n) is 7.39. The lowest BCUT2D eigenvalue weighted by Gasteiger charge is -2.42. The van der Waals surface area contributed by atoms with Crippen LogP contribution in [0.2, 0.25) is 0 Å². The minimum atomic E-state index is -0.496. The fourth-order valence-corrected chi connectivity index (χ4v) is 5.08. The summed E-state index contributed by atoms with van der Waals surface area (Å²) in [6, 6.07) is 15.3. The van der Waals surface area contributed by atoms with E-state index in [0.717, 1.165) is 48.8 Å². The van der Waals surface area contributed by atoms with Crippen molar-refractivity contribution in [2.45, 2.75) is 63.3 Å². The van der Waals surface area contributed by atoms with Crippen molar-refractivity contribution in [3.8, 4) is 11.5 Å². The first-order chi connectivity index (χ1) is 15.4. The van der Waals surface area contributed by atoms with Crippen LogP contribution in [0.1, 0.15) is 55.8 Å². The van der Waals surface area contributed by atoms with Gasteiger partial charge in [0.2, 0.25) is 5.89 Å². The van der Waals surface area contributed by atoms with Crippen LogP contribution in [0.5, 0.6) is 0 Å². The summed E-state index contributed by atoms with van der Waals surface area (Å²) in [5, 5.41) is 14.1. The van der Waals surface area contributed by atoms with Crippen LogP contribution in [0.3, 0.4) is 0 Å². The van der Waals surface area contributed by atoms with Crippen molar-refractivity contribution < 1.29 is 14.3 Å². The highest BCUT2D eigenvalue weighted by Gasteiger charge is 2.39. The van der Waals surface area contributed by atoms with Gasteiger partial charge in [0.15, 0.2) is 5.58 Å². The summed E-state index contributed by atoms with van der Waals surface area (Å²) < 4.78 is 5.83. The molecule has 6 heteroatoms. The minimum absolute atomic E-state index is 0.00756. The molecule has 0 aliphatic heterocycles. The number of nitrogens with zero attached hydrogens (tertiary/aromatic N) is 2. The van der Waals surface area contributed by atoms with Crippen LogP contribution in [-0.4, -0.2) is 45.8 Å². The standard InChI is InChI=1S/C26H31N3O3/c1-26(14-5-15-26)28-23(30)19-12-13-20(16-19)29(2)25(31)18-10-8-17(9-11-18)24-27-21-6-3-4-7-22(21)32-24/h3-4,6-11,19-20,23,28,30H,5,12-16H2,1-2H3/t19-,20+,23?/m0/s1. The number of aromatic nitrogens is 1. The van der Waals surface area contributed by atoms with E-state index in [2.05, 4.69) is 17.2 Å². The second-order valence-electron chi connectivity index (χ2n) is 9.71. The summed E-state index contributed by atoms with van der Waals surface area (Å²) >= 11 is 0. The summed E-state index contributed by atoms with van der Waals surface area (Å²) in [7, 11) is 1.87. The van der Waals surface area contributed by atoms with Gasteiger partial charge in [0.1, 0.15) is 11.7 Å². The predicted octanol–water partition coefficient (Wildman–Crippen LogP) is 4.59. The van der Waals surface area contributed by atoms with E-state index in [1.54, 1.807) is 0 Å². The number of benzene rings is 2. The highest BCUT2D eigenvalue weighted by molar-refractivity contribution is 5.94. The largest absolute Gasteiger partial charge is 0.436 e. The summed E-state index contributed by atoms with van der Waals surface area (Å²) in [6.45, 7) is 2.19. The number of rotatable bonds is 6. The number of nitrogens with one attached hydrogen (secondary N) is 1. The van der Waals surface area contributed by atoms with Gasteiger partial charge in [0.05, 0.1) is 0 Å². The van der Waals surface area contributed by atoms with Crippen LogP contribution in [0.25, 0.3) is 22.6 Å². The molecule has 3 aromatic rings. The molecular formula is C26H31N3O3. The van der Waals surface area contributed by atoms with Crippen LogP contribution in [0.4, 0.5) is 0 Å². The molecule has 5 rings (SSSR count). The van der Waals surface area contributed by atoms with Crippen molar-refractivity contribution in [2.75, 3.05) is 7.05 Å². The molecule has 0 bridgehead atoms. The Bertz CT molecular complexity index is 1070. The Kier molecular flexibility index (Phi) is 5.51. The first-order valence-electron chi connectivity index (χ1n) is 11.6. The number of aliphatic hydroxyl groups is 1. The second kappa shape index (κ2) is 8.34. The molecule has 6 nitrogen and oxygen atoms in total. The van der Waals surface area contributed by atoms with Crippen molar-refractivity contribution in [1.29, 1.82) is 0 Å². The van der Waals surface area contributed by atoms with E-state index in [1.165, 1.54) is 6.42 Å². The maximum Gasteiger partial charge on any atom is 0.253 e. The first-order valence-corrected chi connectivity index (χ1v) is 11.6. The van der Waals surface area contributed by atoms with E-state index >= 15 is 0 Å². The number of amides is 1. The van der Waals surface area contributed by atoms with Gasteiger partial charge in [-0.2, -0.15) is 0 Å². The topological polar surface area (TPSA) is 78.6 Å². The molecule has 0 spiro atoms. The molecule has 2 saturated carbocycles. The van der Waals surface area contributed by atoms with Crippen molar-refractivity contribution >= 4 is 17.0 Å². The Balaban J connectivity index is 1.22. The lowest BCUT2D eigenvalue weighted by molar-refractivity contribution is 0.0200. The van der Waals surface area contributed by atoms with Crippen molar-refractivity contribution in [3.05, 3.63) is 54.1 Å². The lowest BCUT2D eigenvalue weighted by Crippen LogP contribution is -2.54. The SMILES string of the molecule is CN(C(=O)c1ccc(-c2nc3ccccc3o2)cc1)[C@@H]1CC[C@H](C(O)NC2(C)CCC2)C1. The van der Waals surface area contributed by atoms with Gasteiger partial charge >= 0.3 is 0 Å². The Hall–Kier alpha value is -2.70. The van der Waals surface area contributed by atoms with Crippen molar-refractivity contribution in [3.63, 3.8) is 0 Å². The van der Waals surface area contributed by atoms with Gasteiger partial charge in [-0.25, -0.2) is 4.98 Å². The zero-order valence-electron chi connectivity index (χ0n) is 18.8. The molecule has 1 aromatic heterocycles. The van der Waals surface area contributed by atoms with Gasteiger partial charge in [-0.3, -0.25) is 10.1 Å². The zero-order chi connectivity index (χ0) is 22.3. The number of carbonyl (C=O) groups is 1. The number of carbonyl (C=O) groups excluding carboxylic acids is 1. The van der Waals surface area contributed by atoms with E-state index in [-0.39, 0.29) is 23.4 Å². The molecule has 1 unspecified atom stereocenters. The maximum absolute atomic E-state index is 13.1. The number of hydrogen-bond acceptors (Lipinski definition) is 5. The first kappa shape index (κ1) is 21.2. The molecule has 2 N–H and O–H groups in total. The van der Waals surface area contributed by atoms with E-state index in [1.807, 2.05) is 60.5 Å². The van der Waals surface area contributed by atoms with Crippen LogP contribution in [0.15, 0.2) is 52.9 Å². The molecule has 168 valence electrons. The number of hydrogen-bond donors (Lipinski definition) is 2. The Morgan fingerprint density at radius 3 is 2.62 bits per heavy atom. The molecule has 3 atom stereocenters. The quantitative estimate of drug-likeness (QED) is 0.556. The fraction of sp³-hybridized carbons (Fsp3) is 0.462. The Labute approximate surface area is 188 Å². The molecule has 2 aliphatic carbocycles. The highest BCUT2D eigenvalue weighted by Crippen LogP contribution is 2.36. The average molecular weight is 434 g/mol. The normalized spacial score (nSPS) is 23.1. The summed E-state index contributed by atoms with van der Waals surface area (Å²) in [5.41, 5.74) is 3.15. The Morgan fingerprint density at radius 1 is 1.19 bits per heavy atom. The average Bonchev–Trinajstić information content (AvgIpc) is 3.44. The van der Waals surface area contributed by atoms with Crippen LogP contribution in [0, 0.1) is 5.92 Å². The molecule has 1 heterocycles. The van der Waals surface area contributed by atoms with Gasteiger partial charge < -0.3 is 14.4 Å². The number of para-hydroxylation sites is 2. The second-order valence-corrected chi connectivity index (χ2v) is 9.71. The number of fused-ring (bicyclic) bond motifs is 1. The monoisotopic (exact) mass is 433 g/mol. The highest BCUT2D eigenvalue weighted by atomic mass is 16.3. The number of aliphatic hydroxyl groups excluding tert-OH is 1. The molecule has 32 heavy (non-hydrogen) atoms. The van der Waals surface area contributed by atoms with Gasteiger partial charge in [0.25, 0.3) is 5.91 Å². The molecule has 1 amide bonds. The fourth-order valence-electron chi connectivity index (χ4n) is 5.08. The van der Waals surface area contributed by atoms with Gasteiger partial charge in [0, 0.05) is 35.7 Å². The molecule has 2 aliphatic rings. The minimum Gasteiger partial charge on any atom is -0.436 e. The van der Waals surface area contributed by atoms with E-state index in [4.69, 9.17) is 4.42 Å². The van der Waals surface area contributed by atoms with Crippen molar-refractivity contribution in [1.82, 2.24) is 15.2 Å². The number of oxazole rings is 1. The van der Waals surface area contributed by atoms with Gasteiger partial charge in [-0.1, -0.05) is 12.1 Å². The molecular weight excluding hydrogens is 402 g/mol. The summed E-state index contributed by atoms with van der Waals surface area (Å²) in [6.07, 6.45) is 5.66. The predicted molar refractivity (Wildman–Crippen MR) is 124 cm³/mol. The van der Waals surface area contributed by atoms with E-state index < -0.39 is 6.23 Å². The van der Waals surface area contributed by atoms with Crippen LogP contribution >= 0.6 is 0 Å².